The number of hydrogen-bond acceptors (Lipinski definition) is 1. The van der Waals surface area contributed by atoms with E-state index in [2.05, 4.69) is 23.1 Å². The molecule has 0 bridgehead atoms. The van der Waals surface area contributed by atoms with Gasteiger partial charge in [-0.2, -0.15) is 0 Å². The van der Waals surface area contributed by atoms with Gasteiger partial charge in [-0.25, -0.2) is 0 Å². The van der Waals surface area contributed by atoms with Gasteiger partial charge in [-0.15, -0.1) is 9.24 Å². The molecule has 0 aromatic heterocycles. The van der Waals surface area contributed by atoms with Crippen molar-refractivity contribution in [2.75, 3.05) is 6.35 Å². The highest BCUT2D eigenvalue weighted by molar-refractivity contribution is 7.16. The summed E-state index contributed by atoms with van der Waals surface area (Å²) >= 11 is 0. The molecule has 2 heteroatoms. The molecule has 7 heavy (non-hydrogen) atoms. The molecule has 2 unspecified atom stereocenters. The Kier molecular flexibility index (Phi) is 4.80. The van der Waals surface area contributed by atoms with Gasteiger partial charge in [-0.1, -0.05) is 6.92 Å². The van der Waals surface area contributed by atoms with E-state index in [1.54, 1.807) is 0 Å². The first-order chi connectivity index (χ1) is 3.31. The van der Waals surface area contributed by atoms with Crippen LogP contribution in [0.1, 0.15) is 20.3 Å². The lowest BCUT2D eigenvalue weighted by molar-refractivity contribution is 0.102. The second kappa shape index (κ2) is 4.55. The fourth-order valence-electron chi connectivity index (χ4n) is 0.282. The van der Waals surface area contributed by atoms with Crippen molar-refractivity contribution in [2.24, 2.45) is 0 Å². The minimum atomic E-state index is 0.428. The summed E-state index contributed by atoms with van der Waals surface area (Å²) in [7, 11) is 2.53. The zero-order valence-corrected chi connectivity index (χ0v) is 6.13. The number of hydrogen-bond donors (Lipinski definition) is 0. The van der Waals surface area contributed by atoms with Crippen molar-refractivity contribution in [3.63, 3.8) is 0 Å². The average Bonchev–Trinajstić information content (AvgIpc) is 1.68. The molecule has 2 atom stereocenters. The SMILES string of the molecule is CCC(C)OCP. The van der Waals surface area contributed by atoms with Crippen LogP contribution in [0.3, 0.4) is 0 Å². The van der Waals surface area contributed by atoms with Crippen molar-refractivity contribution in [3.05, 3.63) is 0 Å². The van der Waals surface area contributed by atoms with Gasteiger partial charge in [0.25, 0.3) is 0 Å². The lowest BCUT2D eigenvalue weighted by Gasteiger charge is -2.05. The molecule has 0 rings (SSSR count). The Bertz CT molecular complexity index is 39.1. The van der Waals surface area contributed by atoms with Gasteiger partial charge in [0.05, 0.1) is 12.5 Å². The molecule has 0 saturated carbocycles. The minimum absolute atomic E-state index is 0.428. The average molecular weight is 120 g/mol. The van der Waals surface area contributed by atoms with Crippen molar-refractivity contribution in [1.82, 2.24) is 0 Å². The summed E-state index contributed by atoms with van der Waals surface area (Å²) in [6, 6.07) is 0. The molecule has 0 aromatic carbocycles. The second-order valence-electron chi connectivity index (χ2n) is 1.55. The molecule has 0 fully saturated rings. The Morgan fingerprint density at radius 2 is 2.29 bits per heavy atom. The maximum Gasteiger partial charge on any atom is 0.0605 e. The van der Waals surface area contributed by atoms with E-state index < -0.39 is 0 Å². The van der Waals surface area contributed by atoms with Gasteiger partial charge in [0.1, 0.15) is 0 Å². The Hall–Kier alpha value is 0.390. The van der Waals surface area contributed by atoms with E-state index >= 15 is 0 Å². The topological polar surface area (TPSA) is 9.23 Å². The van der Waals surface area contributed by atoms with Crippen LogP contribution in [0.15, 0.2) is 0 Å². The highest BCUT2D eigenvalue weighted by Crippen LogP contribution is 1.96. The summed E-state index contributed by atoms with van der Waals surface area (Å²) in [6.45, 7) is 4.19. The molecular formula is C5H13OP. The third-order valence-electron chi connectivity index (χ3n) is 0.956. The van der Waals surface area contributed by atoms with Gasteiger partial charge >= 0.3 is 0 Å². The fraction of sp³-hybridized carbons (Fsp3) is 1.00. The van der Waals surface area contributed by atoms with E-state index in [9.17, 15) is 0 Å². The molecular weight excluding hydrogens is 107 g/mol. The van der Waals surface area contributed by atoms with Crippen LogP contribution in [-0.4, -0.2) is 12.5 Å². The number of ether oxygens (including phenoxy) is 1. The predicted octanol–water partition coefficient (Wildman–Crippen LogP) is 1.63. The molecule has 0 aromatic rings. The van der Waals surface area contributed by atoms with Crippen LogP contribution < -0.4 is 0 Å². The monoisotopic (exact) mass is 120 g/mol. The third kappa shape index (κ3) is 4.24. The molecule has 0 spiro atoms. The first kappa shape index (κ1) is 7.39. The van der Waals surface area contributed by atoms with E-state index in [0.717, 1.165) is 12.8 Å². The van der Waals surface area contributed by atoms with Crippen molar-refractivity contribution < 1.29 is 4.74 Å². The van der Waals surface area contributed by atoms with Crippen LogP contribution in [0.2, 0.25) is 0 Å². The van der Waals surface area contributed by atoms with E-state index in [1.807, 2.05) is 0 Å². The van der Waals surface area contributed by atoms with Gasteiger partial charge in [0.2, 0.25) is 0 Å². The Labute approximate surface area is 47.6 Å². The van der Waals surface area contributed by atoms with Gasteiger partial charge < -0.3 is 4.74 Å². The van der Waals surface area contributed by atoms with Crippen molar-refractivity contribution in [2.45, 2.75) is 26.4 Å². The Morgan fingerprint density at radius 3 is 2.43 bits per heavy atom. The van der Waals surface area contributed by atoms with Crippen molar-refractivity contribution in [3.8, 4) is 0 Å². The van der Waals surface area contributed by atoms with Gasteiger partial charge in [0.15, 0.2) is 0 Å². The standard InChI is InChI=1S/C5H13OP/c1-3-5(2)6-4-7/h5H,3-4,7H2,1-2H3. The predicted molar refractivity (Wildman–Crippen MR) is 35.4 cm³/mol. The lowest BCUT2D eigenvalue weighted by Crippen LogP contribution is -2.03. The van der Waals surface area contributed by atoms with Crippen LogP contribution in [0.25, 0.3) is 0 Å². The zero-order valence-electron chi connectivity index (χ0n) is 4.98. The van der Waals surface area contributed by atoms with Crippen LogP contribution in [0, 0.1) is 0 Å². The summed E-state index contributed by atoms with van der Waals surface area (Å²) < 4.78 is 5.15. The first-order valence-corrected chi connectivity index (χ1v) is 3.44. The van der Waals surface area contributed by atoms with Crippen molar-refractivity contribution >= 4 is 9.24 Å². The maximum atomic E-state index is 5.15. The van der Waals surface area contributed by atoms with Crippen LogP contribution >= 0.6 is 9.24 Å². The van der Waals surface area contributed by atoms with Crippen molar-refractivity contribution in [1.29, 1.82) is 0 Å². The molecule has 44 valence electrons. The largest absolute Gasteiger partial charge is 0.375 e. The van der Waals surface area contributed by atoms with Crippen LogP contribution in [0.4, 0.5) is 0 Å². The highest BCUT2D eigenvalue weighted by atomic mass is 31.0. The normalized spacial score (nSPS) is 14.1. The molecule has 0 aliphatic rings. The first-order valence-electron chi connectivity index (χ1n) is 2.63. The molecule has 0 amide bonds. The summed E-state index contributed by atoms with van der Waals surface area (Å²) in [5, 5.41) is 0. The molecule has 1 nitrogen and oxygen atoms in total. The molecule has 0 heterocycles. The summed E-state index contributed by atoms with van der Waals surface area (Å²) in [6.07, 6.45) is 2.29. The molecule has 0 aliphatic carbocycles. The quantitative estimate of drug-likeness (QED) is 0.514. The lowest BCUT2D eigenvalue weighted by atomic mass is 10.3. The molecule has 0 saturated heterocycles. The molecule has 0 N–H and O–H groups in total. The smallest absolute Gasteiger partial charge is 0.0605 e. The van der Waals surface area contributed by atoms with Crippen LogP contribution in [-0.2, 0) is 4.74 Å². The number of rotatable bonds is 3. The summed E-state index contributed by atoms with van der Waals surface area (Å²) in [5.41, 5.74) is 0. The Morgan fingerprint density at radius 1 is 1.71 bits per heavy atom. The second-order valence-corrected chi connectivity index (χ2v) is 1.89. The summed E-state index contributed by atoms with van der Waals surface area (Å²) in [5.74, 6) is 0. The maximum absolute atomic E-state index is 5.15. The fourth-order valence-corrected chi connectivity index (χ4v) is 0.611. The highest BCUT2D eigenvalue weighted by Gasteiger charge is 1.91. The minimum Gasteiger partial charge on any atom is -0.375 e. The summed E-state index contributed by atoms with van der Waals surface area (Å²) in [4.78, 5) is 0. The Balaban J connectivity index is 2.83. The van der Waals surface area contributed by atoms with E-state index in [0.29, 0.717) is 6.10 Å². The van der Waals surface area contributed by atoms with Gasteiger partial charge in [-0.3, -0.25) is 0 Å². The van der Waals surface area contributed by atoms with Gasteiger partial charge in [0, 0.05) is 0 Å². The molecule has 0 radical (unpaired) electrons. The van der Waals surface area contributed by atoms with Gasteiger partial charge in [-0.05, 0) is 13.3 Å². The van der Waals surface area contributed by atoms with E-state index in [-0.39, 0.29) is 0 Å². The van der Waals surface area contributed by atoms with E-state index in [1.165, 1.54) is 0 Å². The van der Waals surface area contributed by atoms with Crippen LogP contribution in [0.5, 0.6) is 0 Å². The third-order valence-corrected chi connectivity index (χ3v) is 1.15. The van der Waals surface area contributed by atoms with E-state index in [4.69, 9.17) is 4.74 Å². The zero-order chi connectivity index (χ0) is 5.70. The molecule has 0 aliphatic heterocycles.